The largest absolute Gasteiger partial charge is 0.486 e. The number of rotatable bonds is 11. The number of carbonyl (C=O) groups excluding carboxylic acids is 1. The Labute approximate surface area is 231 Å². The molecule has 3 heterocycles. The fourth-order valence-electron chi connectivity index (χ4n) is 4.26. The summed E-state index contributed by atoms with van der Waals surface area (Å²) in [5.41, 5.74) is 6.74. The van der Waals surface area contributed by atoms with Crippen LogP contribution < -0.4 is 16.0 Å². The molecule has 39 heavy (non-hydrogen) atoms. The van der Waals surface area contributed by atoms with Crippen LogP contribution in [0.1, 0.15) is 31.0 Å². The molecule has 11 heteroatoms. The fourth-order valence-corrected chi connectivity index (χ4v) is 5.12. The summed E-state index contributed by atoms with van der Waals surface area (Å²) < 4.78 is 22.3. The Kier molecular flexibility index (Phi) is 9.47. The van der Waals surface area contributed by atoms with Gasteiger partial charge >= 0.3 is 5.56 Å². The Hall–Kier alpha value is -3.57. The summed E-state index contributed by atoms with van der Waals surface area (Å²) in [7, 11) is 2.04. The van der Waals surface area contributed by atoms with Crippen molar-refractivity contribution in [2.24, 2.45) is 5.73 Å². The highest BCUT2D eigenvalue weighted by Gasteiger charge is 2.23. The zero-order chi connectivity index (χ0) is 27.9. The molecule has 1 saturated heterocycles. The topological polar surface area (TPSA) is 98.1 Å². The Balaban J connectivity index is 1.63. The van der Waals surface area contributed by atoms with E-state index in [1.54, 1.807) is 29.1 Å². The van der Waals surface area contributed by atoms with Crippen molar-refractivity contribution >= 4 is 28.4 Å². The van der Waals surface area contributed by atoms with E-state index in [2.05, 4.69) is 11.5 Å². The molecule has 9 nitrogen and oxygen atoms in total. The Morgan fingerprint density at radius 2 is 1.92 bits per heavy atom. The van der Waals surface area contributed by atoms with Gasteiger partial charge < -0.3 is 24.8 Å². The third kappa shape index (κ3) is 6.90. The number of hydrogen-bond donors (Lipinski definition) is 1. The molecule has 0 spiro atoms. The average Bonchev–Trinajstić information content (AvgIpc) is 3.33. The number of fused-ring (bicyclic) bond motifs is 1. The summed E-state index contributed by atoms with van der Waals surface area (Å²) >= 11 is 1.28. The van der Waals surface area contributed by atoms with Gasteiger partial charge in [-0.1, -0.05) is 43.8 Å². The molecule has 1 aliphatic rings. The summed E-state index contributed by atoms with van der Waals surface area (Å²) in [6, 6.07) is 6.19. The third-order valence-electron chi connectivity index (χ3n) is 6.61. The second-order valence-corrected chi connectivity index (χ2v) is 10.8. The molecule has 4 rings (SSSR count). The molecule has 2 aromatic heterocycles. The summed E-state index contributed by atoms with van der Waals surface area (Å²) in [6.07, 6.45) is 6.91. The van der Waals surface area contributed by atoms with Crippen molar-refractivity contribution in [1.29, 1.82) is 0 Å². The van der Waals surface area contributed by atoms with Crippen LogP contribution in [0.5, 0.6) is 5.75 Å². The van der Waals surface area contributed by atoms with Crippen LogP contribution in [0.25, 0.3) is 10.7 Å². The molecule has 1 aliphatic heterocycles. The number of piperazine rings is 1. The third-order valence-corrected chi connectivity index (χ3v) is 7.59. The first kappa shape index (κ1) is 28.4. The van der Waals surface area contributed by atoms with E-state index in [-0.39, 0.29) is 29.6 Å². The van der Waals surface area contributed by atoms with E-state index in [4.69, 9.17) is 15.5 Å². The molecule has 0 saturated carbocycles. The van der Waals surface area contributed by atoms with Crippen LogP contribution in [0, 0.1) is 5.82 Å². The van der Waals surface area contributed by atoms with Crippen molar-refractivity contribution in [3.05, 3.63) is 81.8 Å². The van der Waals surface area contributed by atoms with Gasteiger partial charge in [0.1, 0.15) is 18.1 Å². The molecule has 1 fully saturated rings. The number of amides is 1. The average molecular weight is 555 g/mol. The van der Waals surface area contributed by atoms with Crippen LogP contribution in [0.4, 0.5) is 4.39 Å². The number of halogens is 1. The van der Waals surface area contributed by atoms with Crippen molar-refractivity contribution in [3.63, 3.8) is 0 Å². The van der Waals surface area contributed by atoms with Gasteiger partial charge in [-0.25, -0.2) is 13.8 Å². The number of hydrogen-bond acceptors (Lipinski definition) is 7. The number of allylic oxidation sites excluding steroid dienone is 1. The van der Waals surface area contributed by atoms with E-state index >= 15 is 0 Å². The number of imidazole rings is 1. The first-order valence-corrected chi connectivity index (χ1v) is 13.8. The van der Waals surface area contributed by atoms with Crippen LogP contribution >= 0.6 is 11.8 Å². The maximum Gasteiger partial charge on any atom is 0.302 e. The summed E-state index contributed by atoms with van der Waals surface area (Å²) in [4.78, 5) is 36.6. The molecule has 0 unspecified atom stereocenters. The molecular weight excluding hydrogens is 519 g/mol. The molecule has 0 atom stereocenters. The summed E-state index contributed by atoms with van der Waals surface area (Å²) in [5.74, 6) is 0.106. The Morgan fingerprint density at radius 1 is 1.21 bits per heavy atom. The molecule has 1 aromatic carbocycles. The number of ether oxygens (including phenoxy) is 1. The molecular formula is C28H35FN6O3S. The number of aromatic nitrogens is 3. The van der Waals surface area contributed by atoms with E-state index < -0.39 is 0 Å². The lowest BCUT2D eigenvalue weighted by Crippen LogP contribution is -2.48. The van der Waals surface area contributed by atoms with Crippen molar-refractivity contribution in [3.8, 4) is 5.75 Å². The van der Waals surface area contributed by atoms with E-state index in [0.29, 0.717) is 42.5 Å². The van der Waals surface area contributed by atoms with Crippen molar-refractivity contribution in [2.45, 2.75) is 32.7 Å². The molecule has 0 radical (unpaired) electrons. The first-order chi connectivity index (χ1) is 18.8. The minimum Gasteiger partial charge on any atom is -0.486 e. The number of nitrogens with two attached hydrogens (primary N) is 1. The summed E-state index contributed by atoms with van der Waals surface area (Å²) in [6.45, 7) is 9.64. The maximum absolute atomic E-state index is 13.5. The number of benzene rings is 1. The van der Waals surface area contributed by atoms with E-state index in [0.717, 1.165) is 36.4 Å². The Bertz CT molecular complexity index is 1410. The lowest BCUT2D eigenvalue weighted by Gasteiger charge is -2.32. The van der Waals surface area contributed by atoms with Crippen molar-refractivity contribution < 1.29 is 13.9 Å². The normalized spacial score (nSPS) is 14.6. The zero-order valence-corrected chi connectivity index (χ0v) is 23.3. The van der Waals surface area contributed by atoms with Gasteiger partial charge in [0.05, 0.1) is 6.61 Å². The first-order valence-electron chi connectivity index (χ1n) is 13.0. The van der Waals surface area contributed by atoms with E-state index in [1.807, 2.05) is 18.9 Å². The van der Waals surface area contributed by atoms with Crippen molar-refractivity contribution in [2.75, 3.05) is 39.8 Å². The molecule has 208 valence electrons. The quantitative estimate of drug-likeness (QED) is 0.363. The van der Waals surface area contributed by atoms with Gasteiger partial charge in [0, 0.05) is 61.0 Å². The molecule has 2 N–H and O–H groups in total. The number of unbranched alkanes of at least 4 members (excludes halogenated alkanes) is 1. The van der Waals surface area contributed by atoms with Crippen LogP contribution in [-0.2, 0) is 17.8 Å². The molecule has 1 amide bonds. The predicted molar refractivity (Wildman–Crippen MR) is 153 cm³/mol. The van der Waals surface area contributed by atoms with Crippen LogP contribution in [0.2, 0.25) is 0 Å². The number of thioether (sulfide) groups is 1. The van der Waals surface area contributed by atoms with Gasteiger partial charge in [0.2, 0.25) is 17.4 Å². The Morgan fingerprint density at radius 3 is 2.59 bits per heavy atom. The molecule has 3 aromatic rings. The number of nitrogens with zero attached hydrogens (tertiary/aromatic N) is 5. The lowest BCUT2D eigenvalue weighted by atomic mass is 10.1. The highest BCUT2D eigenvalue weighted by atomic mass is 32.2. The smallest absolute Gasteiger partial charge is 0.302 e. The minimum absolute atomic E-state index is 0.0267. The van der Waals surface area contributed by atoms with Crippen LogP contribution in [-0.4, -0.2) is 69.5 Å². The minimum atomic E-state index is -0.365. The predicted octanol–water partition coefficient (Wildman–Crippen LogP) is 3.33. The van der Waals surface area contributed by atoms with Crippen molar-refractivity contribution in [1.82, 2.24) is 23.8 Å². The highest BCUT2D eigenvalue weighted by molar-refractivity contribution is 8.11. The molecule has 0 aliphatic carbocycles. The fraction of sp³-hybridized carbons (Fsp3) is 0.393. The zero-order valence-electron chi connectivity index (χ0n) is 22.4. The van der Waals surface area contributed by atoms with E-state index in [1.165, 1.54) is 34.5 Å². The monoisotopic (exact) mass is 554 g/mol. The van der Waals surface area contributed by atoms with Gasteiger partial charge in [-0.15, -0.1) is 0 Å². The van der Waals surface area contributed by atoms with Gasteiger partial charge in [-0.2, -0.15) is 0 Å². The van der Waals surface area contributed by atoms with Gasteiger partial charge in [0.15, 0.2) is 0 Å². The summed E-state index contributed by atoms with van der Waals surface area (Å²) in [5, 5.41) is 0. The molecule has 0 bridgehead atoms. The number of carbonyl (C=O) groups is 1. The standard InChI is InChI=1S/C28H35FN6O3S/c1-4-5-16-38-26-25(20(2)39-23(18-30)17-21-6-8-22(29)9-7-21)31-28-34(14-15-35(28)27(26)37)19-24(36)33-12-10-32(3)11-13-33/h6-9,14-15,18H,2,4-5,10-13,16-17,19,30H2,1,3H3/b23-18-. The van der Waals surface area contributed by atoms with Gasteiger partial charge in [-0.05, 0) is 31.2 Å². The van der Waals surface area contributed by atoms with Gasteiger partial charge in [0.25, 0.3) is 0 Å². The lowest BCUT2D eigenvalue weighted by molar-refractivity contribution is -0.133. The second-order valence-electron chi connectivity index (χ2n) is 9.54. The van der Waals surface area contributed by atoms with Crippen LogP contribution in [0.15, 0.2) is 59.1 Å². The van der Waals surface area contributed by atoms with E-state index in [9.17, 15) is 14.0 Å². The van der Waals surface area contributed by atoms with Crippen LogP contribution in [0.3, 0.4) is 0 Å². The maximum atomic E-state index is 13.5. The van der Waals surface area contributed by atoms with Gasteiger partial charge in [-0.3, -0.25) is 9.59 Å². The SMILES string of the molecule is C=C(S/C(=C\N)Cc1ccc(F)cc1)c1nc2n(CC(=O)N3CCN(C)CC3)ccn2c(=O)c1OCCCC. The highest BCUT2D eigenvalue weighted by Crippen LogP contribution is 2.36. The second kappa shape index (κ2) is 13.0. The number of likely N-dealkylation sites (N-methyl/N-ethyl adjacent to an activating group) is 1.